The minimum Gasteiger partial charge on any atom is -0.465 e. The van der Waals surface area contributed by atoms with Gasteiger partial charge in [-0.05, 0) is 51.4 Å². The summed E-state index contributed by atoms with van der Waals surface area (Å²) in [6.45, 7) is 9.13. The van der Waals surface area contributed by atoms with Crippen LogP contribution in [0.1, 0.15) is 50.5 Å². The van der Waals surface area contributed by atoms with Crippen LogP contribution in [0.5, 0.6) is 0 Å². The van der Waals surface area contributed by atoms with E-state index in [1.165, 1.54) is 32.2 Å². The Kier molecular flexibility index (Phi) is 6.55. The van der Waals surface area contributed by atoms with E-state index in [9.17, 15) is 14.0 Å². The molecule has 8 heteroatoms. The number of carbonyl (C=O) groups excluding carboxylic acids is 2. The van der Waals surface area contributed by atoms with Crippen LogP contribution in [0.4, 0.5) is 4.39 Å². The van der Waals surface area contributed by atoms with Crippen LogP contribution in [0, 0.1) is 5.82 Å². The van der Waals surface area contributed by atoms with Crippen molar-refractivity contribution in [1.29, 1.82) is 0 Å². The molecule has 0 bridgehead atoms. The topological polar surface area (TPSA) is 61.8 Å². The molecule has 0 amide bonds. The average Bonchev–Trinajstić information content (AvgIpc) is 2.79. The highest BCUT2D eigenvalue weighted by atomic mass is 32.2. The van der Waals surface area contributed by atoms with Gasteiger partial charge in [-0.15, -0.1) is 0 Å². The number of hydrogen-bond acceptors (Lipinski definition) is 6. The number of thioether (sulfide) groups is 1. The van der Waals surface area contributed by atoms with E-state index >= 15 is 0 Å². The first-order valence-corrected chi connectivity index (χ1v) is 9.53. The highest BCUT2D eigenvalue weighted by molar-refractivity contribution is 8.13. The molecule has 0 N–H and O–H groups in total. The summed E-state index contributed by atoms with van der Waals surface area (Å²) in [5.74, 6) is -0.766. The Balaban J connectivity index is 2.43. The zero-order chi connectivity index (χ0) is 20.4. The van der Waals surface area contributed by atoms with Gasteiger partial charge in [0, 0.05) is 18.2 Å². The Bertz CT molecular complexity index is 759. The molecule has 0 saturated carbocycles. The SMILES string of the molecule is COC(=O)c1ccc(F)c(C=C(CSC(C)=O)B2OC(C)(C)C(C)(C)O2)c1. The third kappa shape index (κ3) is 5.00. The lowest BCUT2D eigenvalue weighted by Gasteiger charge is -2.32. The molecule has 1 fully saturated rings. The predicted molar refractivity (Wildman–Crippen MR) is 105 cm³/mol. The van der Waals surface area contributed by atoms with Crippen molar-refractivity contribution in [2.75, 3.05) is 12.9 Å². The molecule has 5 nitrogen and oxygen atoms in total. The lowest BCUT2D eigenvalue weighted by atomic mass is 9.78. The van der Waals surface area contributed by atoms with Crippen LogP contribution in [-0.2, 0) is 18.8 Å². The second-order valence-electron chi connectivity index (χ2n) is 7.32. The van der Waals surface area contributed by atoms with Gasteiger partial charge in [0.1, 0.15) is 5.82 Å². The van der Waals surface area contributed by atoms with Gasteiger partial charge in [-0.3, -0.25) is 4.79 Å². The van der Waals surface area contributed by atoms with Gasteiger partial charge in [0.2, 0.25) is 0 Å². The number of methoxy groups -OCH3 is 1. The second-order valence-corrected chi connectivity index (χ2v) is 8.47. The van der Waals surface area contributed by atoms with Gasteiger partial charge in [-0.1, -0.05) is 17.8 Å². The predicted octanol–water partition coefficient (Wildman–Crippen LogP) is 3.91. The van der Waals surface area contributed by atoms with Crippen LogP contribution in [0.3, 0.4) is 0 Å². The van der Waals surface area contributed by atoms with Crippen molar-refractivity contribution < 1.29 is 28.0 Å². The van der Waals surface area contributed by atoms with E-state index in [4.69, 9.17) is 9.31 Å². The fourth-order valence-electron chi connectivity index (χ4n) is 2.46. The molecule has 1 aromatic rings. The second kappa shape index (κ2) is 8.16. The summed E-state index contributed by atoms with van der Waals surface area (Å²) in [4.78, 5) is 23.2. The number of rotatable bonds is 5. The van der Waals surface area contributed by atoms with Crippen LogP contribution in [0.2, 0.25) is 0 Å². The zero-order valence-electron chi connectivity index (χ0n) is 16.4. The first-order valence-electron chi connectivity index (χ1n) is 8.54. The summed E-state index contributed by atoms with van der Waals surface area (Å²) < 4.78 is 31.1. The summed E-state index contributed by atoms with van der Waals surface area (Å²) in [6.07, 6.45) is 1.57. The van der Waals surface area contributed by atoms with Gasteiger partial charge in [-0.25, -0.2) is 9.18 Å². The number of hydrogen-bond donors (Lipinski definition) is 0. The van der Waals surface area contributed by atoms with Crippen LogP contribution < -0.4 is 0 Å². The van der Waals surface area contributed by atoms with Crippen LogP contribution >= 0.6 is 11.8 Å². The summed E-state index contributed by atoms with van der Waals surface area (Å²) >= 11 is 1.09. The minimum atomic E-state index is -0.719. The van der Waals surface area contributed by atoms with Crippen molar-refractivity contribution in [1.82, 2.24) is 0 Å². The monoisotopic (exact) mass is 394 g/mol. The molecule has 1 aromatic carbocycles. The van der Waals surface area contributed by atoms with Crippen molar-refractivity contribution in [3.63, 3.8) is 0 Å². The maximum Gasteiger partial charge on any atom is 0.491 e. The fraction of sp³-hybridized carbons (Fsp3) is 0.474. The lowest BCUT2D eigenvalue weighted by molar-refractivity contribution is -0.109. The molecule has 0 unspecified atom stereocenters. The van der Waals surface area contributed by atoms with Gasteiger partial charge in [0.25, 0.3) is 0 Å². The molecule has 0 atom stereocenters. The lowest BCUT2D eigenvalue weighted by Crippen LogP contribution is -2.41. The van der Waals surface area contributed by atoms with E-state index in [0.717, 1.165) is 11.8 Å². The molecule has 0 radical (unpaired) electrons. The zero-order valence-corrected chi connectivity index (χ0v) is 17.2. The molecule has 1 aliphatic rings. The maximum atomic E-state index is 14.3. The number of carbonyl (C=O) groups is 2. The Labute approximate surface area is 163 Å². The fourth-order valence-corrected chi connectivity index (χ4v) is 3.05. The van der Waals surface area contributed by atoms with Crippen molar-refractivity contribution in [2.24, 2.45) is 0 Å². The van der Waals surface area contributed by atoms with E-state index < -0.39 is 30.1 Å². The van der Waals surface area contributed by atoms with Crippen LogP contribution in [0.15, 0.2) is 23.7 Å². The largest absolute Gasteiger partial charge is 0.491 e. The Hall–Kier alpha value is -1.64. The van der Waals surface area contributed by atoms with Crippen molar-refractivity contribution in [3.05, 3.63) is 40.6 Å². The molecule has 0 spiro atoms. The van der Waals surface area contributed by atoms with Crippen LogP contribution in [0.25, 0.3) is 6.08 Å². The number of esters is 1. The van der Waals surface area contributed by atoms with Crippen LogP contribution in [-0.4, -0.2) is 42.3 Å². The Morgan fingerprint density at radius 3 is 2.33 bits per heavy atom. The molecule has 2 rings (SSSR count). The van der Waals surface area contributed by atoms with E-state index in [1.807, 2.05) is 27.7 Å². The maximum absolute atomic E-state index is 14.3. The molecule has 27 heavy (non-hydrogen) atoms. The van der Waals surface area contributed by atoms with Gasteiger partial charge in [-0.2, -0.15) is 0 Å². The average molecular weight is 394 g/mol. The standard InChI is InChI=1S/C19H24BFO5S/c1-12(22)27-11-15(20-25-18(2,3)19(4,5)26-20)10-14-9-13(17(23)24-6)7-8-16(14)21/h7-10H,11H2,1-6H3. The highest BCUT2D eigenvalue weighted by Gasteiger charge is 2.52. The Morgan fingerprint density at radius 1 is 1.22 bits per heavy atom. The van der Waals surface area contributed by atoms with Gasteiger partial charge < -0.3 is 14.0 Å². The summed E-state index contributed by atoms with van der Waals surface area (Å²) in [5.41, 5.74) is -0.0899. The van der Waals surface area contributed by atoms with Crippen molar-refractivity contribution in [3.8, 4) is 0 Å². The minimum absolute atomic E-state index is 0.0683. The number of benzene rings is 1. The molecule has 0 aliphatic carbocycles. The molecule has 0 aromatic heterocycles. The summed E-state index contributed by atoms with van der Waals surface area (Å²) in [5, 5.41) is -0.0683. The van der Waals surface area contributed by atoms with Crippen molar-refractivity contribution in [2.45, 2.75) is 45.8 Å². The summed E-state index contributed by atoms with van der Waals surface area (Å²) in [7, 11) is 0.545. The first-order chi connectivity index (χ1) is 12.5. The summed E-state index contributed by atoms with van der Waals surface area (Å²) in [6, 6.07) is 3.97. The number of ether oxygens (including phenoxy) is 1. The third-order valence-corrected chi connectivity index (χ3v) is 5.64. The van der Waals surface area contributed by atoms with Gasteiger partial charge >= 0.3 is 13.1 Å². The highest BCUT2D eigenvalue weighted by Crippen LogP contribution is 2.39. The molecular formula is C19H24BFO5S. The van der Waals surface area contributed by atoms with Crippen molar-refractivity contribution >= 4 is 36.0 Å². The molecule has 146 valence electrons. The van der Waals surface area contributed by atoms with E-state index in [0.29, 0.717) is 5.47 Å². The van der Waals surface area contributed by atoms with E-state index in [2.05, 4.69) is 4.74 Å². The van der Waals surface area contributed by atoms with Gasteiger partial charge in [0.15, 0.2) is 5.12 Å². The molecule has 1 heterocycles. The molecule has 1 saturated heterocycles. The smallest absolute Gasteiger partial charge is 0.465 e. The number of halogens is 1. The molecular weight excluding hydrogens is 370 g/mol. The normalized spacial score (nSPS) is 18.5. The Morgan fingerprint density at radius 2 is 1.81 bits per heavy atom. The van der Waals surface area contributed by atoms with E-state index in [1.54, 1.807) is 6.08 Å². The first kappa shape index (κ1) is 21.7. The van der Waals surface area contributed by atoms with Gasteiger partial charge in [0.05, 0.1) is 23.9 Å². The quantitative estimate of drug-likeness (QED) is 0.558. The molecule has 1 aliphatic heterocycles. The third-order valence-electron chi connectivity index (χ3n) is 4.76. The van der Waals surface area contributed by atoms with E-state index in [-0.39, 0.29) is 22.0 Å².